The van der Waals surface area contributed by atoms with Gasteiger partial charge in [0.2, 0.25) is 21.8 Å². The molecule has 0 unspecified atom stereocenters. The fraction of sp³-hybridized carbons (Fsp3) is 0.818. The largest absolute Gasteiger partial charge is 0.277 e. The van der Waals surface area contributed by atoms with Gasteiger partial charge < -0.3 is 0 Å². The molecule has 102 valence electrons. The van der Waals surface area contributed by atoms with Crippen LogP contribution in [0.1, 0.15) is 32.6 Å². The molecule has 0 spiro atoms. The van der Waals surface area contributed by atoms with Crippen molar-refractivity contribution in [3.63, 3.8) is 0 Å². The fourth-order valence-electron chi connectivity index (χ4n) is 2.26. The summed E-state index contributed by atoms with van der Waals surface area (Å²) in [5, 5.41) is 0. The average molecular weight is 274 g/mol. The van der Waals surface area contributed by atoms with E-state index in [1.54, 1.807) is 0 Å². The summed E-state index contributed by atoms with van der Waals surface area (Å²) in [7, 11) is -3.20. The first-order valence-corrected chi connectivity index (χ1v) is 7.89. The molecular formula is C11H18N2O4S. The minimum atomic E-state index is -3.20. The van der Waals surface area contributed by atoms with Gasteiger partial charge in [0.25, 0.3) is 0 Å². The Morgan fingerprint density at radius 2 is 1.72 bits per heavy atom. The van der Waals surface area contributed by atoms with E-state index in [-0.39, 0.29) is 49.5 Å². The molecule has 0 radical (unpaired) electrons. The predicted molar refractivity (Wildman–Crippen MR) is 65.1 cm³/mol. The van der Waals surface area contributed by atoms with Crippen molar-refractivity contribution in [1.29, 1.82) is 0 Å². The van der Waals surface area contributed by atoms with Gasteiger partial charge in [-0.1, -0.05) is 13.3 Å². The number of unbranched alkanes of at least 4 members (excludes halogenated alkanes) is 1. The summed E-state index contributed by atoms with van der Waals surface area (Å²) in [4.78, 5) is 24.2. The van der Waals surface area contributed by atoms with Crippen molar-refractivity contribution in [2.75, 3.05) is 18.8 Å². The molecular weight excluding hydrogens is 256 g/mol. The molecule has 2 fully saturated rings. The highest BCUT2D eigenvalue weighted by molar-refractivity contribution is 7.89. The summed E-state index contributed by atoms with van der Waals surface area (Å²) < 4.78 is 25.0. The van der Waals surface area contributed by atoms with Crippen LogP contribution in [0.3, 0.4) is 0 Å². The lowest BCUT2D eigenvalue weighted by Crippen LogP contribution is -2.62. The van der Waals surface area contributed by atoms with E-state index in [9.17, 15) is 18.0 Å². The van der Waals surface area contributed by atoms with E-state index in [2.05, 4.69) is 0 Å². The van der Waals surface area contributed by atoms with Gasteiger partial charge >= 0.3 is 0 Å². The van der Waals surface area contributed by atoms with Crippen molar-refractivity contribution in [2.45, 2.75) is 38.6 Å². The molecule has 0 aromatic carbocycles. The second-order valence-corrected chi connectivity index (χ2v) is 6.89. The zero-order chi connectivity index (χ0) is 13.3. The second kappa shape index (κ2) is 4.97. The standard InChI is InChI=1S/C11H18N2O4S/c1-2-3-6-18(16,17)12-7-9(8-12)13-10(14)4-5-11(13)15/h9H,2-8H2,1H3. The summed E-state index contributed by atoms with van der Waals surface area (Å²) in [5.74, 6) is -0.191. The highest BCUT2D eigenvalue weighted by Gasteiger charge is 2.44. The monoisotopic (exact) mass is 274 g/mol. The molecule has 2 rings (SSSR count). The van der Waals surface area contributed by atoms with Gasteiger partial charge in [0.15, 0.2) is 0 Å². The summed E-state index contributed by atoms with van der Waals surface area (Å²) in [6.45, 7) is 2.48. The van der Waals surface area contributed by atoms with Crippen LogP contribution in [0, 0.1) is 0 Å². The lowest BCUT2D eigenvalue weighted by Gasteiger charge is -2.41. The quantitative estimate of drug-likeness (QED) is 0.659. The normalized spacial score (nSPS) is 22.6. The number of rotatable bonds is 5. The first-order valence-electron chi connectivity index (χ1n) is 6.28. The Labute approximate surface area is 107 Å². The van der Waals surface area contributed by atoms with Gasteiger partial charge in [-0.05, 0) is 6.42 Å². The van der Waals surface area contributed by atoms with Gasteiger partial charge in [-0.3, -0.25) is 14.5 Å². The Bertz CT molecular complexity index is 438. The molecule has 0 atom stereocenters. The number of hydrogen-bond donors (Lipinski definition) is 0. The van der Waals surface area contributed by atoms with E-state index >= 15 is 0 Å². The zero-order valence-electron chi connectivity index (χ0n) is 10.5. The molecule has 2 aliphatic heterocycles. The van der Waals surface area contributed by atoms with E-state index in [0.29, 0.717) is 6.42 Å². The van der Waals surface area contributed by atoms with Gasteiger partial charge in [-0.15, -0.1) is 0 Å². The van der Waals surface area contributed by atoms with E-state index in [4.69, 9.17) is 0 Å². The van der Waals surface area contributed by atoms with Crippen LogP contribution < -0.4 is 0 Å². The number of carbonyl (C=O) groups is 2. The number of nitrogens with zero attached hydrogens (tertiary/aromatic N) is 2. The van der Waals surface area contributed by atoms with Gasteiger partial charge in [-0.25, -0.2) is 8.42 Å². The van der Waals surface area contributed by atoms with Crippen LogP contribution >= 0.6 is 0 Å². The minimum Gasteiger partial charge on any atom is -0.277 e. The number of carbonyl (C=O) groups excluding carboxylic acids is 2. The van der Waals surface area contributed by atoms with Crippen LogP contribution in [0.4, 0.5) is 0 Å². The van der Waals surface area contributed by atoms with E-state index in [1.807, 2.05) is 6.92 Å². The summed E-state index contributed by atoms with van der Waals surface area (Å²) in [6.07, 6.45) is 2.00. The van der Waals surface area contributed by atoms with Gasteiger partial charge in [-0.2, -0.15) is 4.31 Å². The topological polar surface area (TPSA) is 74.8 Å². The molecule has 2 heterocycles. The zero-order valence-corrected chi connectivity index (χ0v) is 11.3. The van der Waals surface area contributed by atoms with Crippen molar-refractivity contribution >= 4 is 21.8 Å². The van der Waals surface area contributed by atoms with Gasteiger partial charge in [0, 0.05) is 25.9 Å². The maximum Gasteiger partial charge on any atom is 0.230 e. The van der Waals surface area contributed by atoms with Crippen LogP contribution in [-0.2, 0) is 19.6 Å². The predicted octanol–water partition coefficient (Wildman–Crippen LogP) is -0.0505. The minimum absolute atomic E-state index is 0.151. The van der Waals surface area contributed by atoms with E-state index in [1.165, 1.54) is 9.21 Å². The summed E-state index contributed by atoms with van der Waals surface area (Å²) in [6, 6.07) is -0.246. The number of amides is 2. The number of hydrogen-bond acceptors (Lipinski definition) is 4. The SMILES string of the molecule is CCCCS(=O)(=O)N1CC(N2C(=O)CCC2=O)C1. The highest BCUT2D eigenvalue weighted by Crippen LogP contribution is 2.24. The second-order valence-electron chi connectivity index (χ2n) is 4.80. The molecule has 0 saturated carbocycles. The van der Waals surface area contributed by atoms with E-state index in [0.717, 1.165) is 6.42 Å². The van der Waals surface area contributed by atoms with Crippen LogP contribution in [-0.4, -0.2) is 54.3 Å². The highest BCUT2D eigenvalue weighted by atomic mass is 32.2. The summed E-state index contributed by atoms with van der Waals surface area (Å²) in [5.41, 5.74) is 0. The smallest absolute Gasteiger partial charge is 0.230 e. The lowest BCUT2D eigenvalue weighted by molar-refractivity contribution is -0.143. The number of imide groups is 1. The van der Waals surface area contributed by atoms with Crippen LogP contribution in [0.2, 0.25) is 0 Å². The van der Waals surface area contributed by atoms with Crippen molar-refractivity contribution < 1.29 is 18.0 Å². The molecule has 0 N–H and O–H groups in total. The van der Waals surface area contributed by atoms with Gasteiger partial charge in [0.1, 0.15) is 0 Å². The average Bonchev–Trinajstić information content (AvgIpc) is 2.56. The maximum atomic E-state index is 11.8. The lowest BCUT2D eigenvalue weighted by atomic mass is 10.1. The third kappa shape index (κ3) is 2.42. The Balaban J connectivity index is 1.90. The Morgan fingerprint density at radius 3 is 2.22 bits per heavy atom. The molecule has 7 heteroatoms. The molecule has 6 nitrogen and oxygen atoms in total. The molecule has 0 aliphatic carbocycles. The van der Waals surface area contributed by atoms with Crippen molar-refractivity contribution in [1.82, 2.24) is 9.21 Å². The molecule has 2 saturated heterocycles. The first kappa shape index (κ1) is 13.5. The van der Waals surface area contributed by atoms with Crippen LogP contribution in [0.25, 0.3) is 0 Å². The summed E-state index contributed by atoms with van der Waals surface area (Å²) >= 11 is 0. The van der Waals surface area contributed by atoms with Gasteiger partial charge in [0.05, 0.1) is 11.8 Å². The molecule has 18 heavy (non-hydrogen) atoms. The van der Waals surface area contributed by atoms with Crippen LogP contribution in [0.5, 0.6) is 0 Å². The molecule has 0 aromatic heterocycles. The Morgan fingerprint density at radius 1 is 1.17 bits per heavy atom. The number of likely N-dealkylation sites (tertiary alicyclic amines) is 1. The van der Waals surface area contributed by atoms with E-state index < -0.39 is 10.0 Å². The molecule has 2 aliphatic rings. The molecule has 0 bridgehead atoms. The maximum absolute atomic E-state index is 11.8. The van der Waals surface area contributed by atoms with Crippen molar-refractivity contribution in [3.05, 3.63) is 0 Å². The number of sulfonamides is 1. The first-order chi connectivity index (χ1) is 8.45. The third-order valence-corrected chi connectivity index (χ3v) is 5.32. The fourth-order valence-corrected chi connectivity index (χ4v) is 3.97. The van der Waals surface area contributed by atoms with Crippen molar-refractivity contribution in [2.24, 2.45) is 0 Å². The van der Waals surface area contributed by atoms with Crippen LogP contribution in [0.15, 0.2) is 0 Å². The molecule has 0 aromatic rings. The van der Waals surface area contributed by atoms with Crippen molar-refractivity contribution in [3.8, 4) is 0 Å². The Kier molecular flexibility index (Phi) is 3.72. The third-order valence-electron chi connectivity index (χ3n) is 3.43. The molecule has 2 amide bonds. The Hall–Kier alpha value is -0.950.